The fourth-order valence-electron chi connectivity index (χ4n) is 2.61. The third kappa shape index (κ3) is 3.19. The first-order chi connectivity index (χ1) is 7.60. The summed E-state index contributed by atoms with van der Waals surface area (Å²) in [6.45, 7) is 7.98. The fraction of sp³-hybridized carbons (Fsp3) is 0.917. The number of amides is 1. The lowest BCUT2D eigenvalue weighted by atomic mass is 10.1. The van der Waals surface area contributed by atoms with Gasteiger partial charge in [0.1, 0.15) is 0 Å². The van der Waals surface area contributed by atoms with Crippen molar-refractivity contribution in [1.29, 1.82) is 0 Å². The van der Waals surface area contributed by atoms with Crippen LogP contribution in [0.25, 0.3) is 0 Å². The Hall–Kier alpha value is -0.610. The summed E-state index contributed by atoms with van der Waals surface area (Å²) in [7, 11) is 0. The summed E-state index contributed by atoms with van der Waals surface area (Å²) in [5.74, 6) is -0.240. The first-order valence-corrected chi connectivity index (χ1v) is 6.38. The van der Waals surface area contributed by atoms with E-state index in [4.69, 9.17) is 5.73 Å². The smallest absolute Gasteiger partial charge is 0.235 e. The molecule has 4 nitrogen and oxygen atoms in total. The number of hydrogen-bond donors (Lipinski definition) is 2. The van der Waals surface area contributed by atoms with E-state index < -0.39 is 0 Å². The van der Waals surface area contributed by atoms with E-state index in [1.165, 1.54) is 12.8 Å². The number of nitrogens with two attached hydrogens (primary N) is 1. The number of likely N-dealkylation sites (N-methyl/N-ethyl adjacent to an activating group) is 1. The van der Waals surface area contributed by atoms with Gasteiger partial charge in [0.05, 0.1) is 6.04 Å². The van der Waals surface area contributed by atoms with Crippen molar-refractivity contribution in [2.45, 2.75) is 58.2 Å². The van der Waals surface area contributed by atoms with Crippen molar-refractivity contribution in [2.24, 2.45) is 5.73 Å². The van der Waals surface area contributed by atoms with Gasteiger partial charge in [0, 0.05) is 18.6 Å². The van der Waals surface area contributed by atoms with Gasteiger partial charge in [0.15, 0.2) is 0 Å². The summed E-state index contributed by atoms with van der Waals surface area (Å²) in [6.07, 6.45) is 3.63. The van der Waals surface area contributed by atoms with Gasteiger partial charge in [-0.1, -0.05) is 13.8 Å². The number of likely N-dealkylation sites (tertiary alicyclic amines) is 1. The number of hydrogen-bond acceptors (Lipinski definition) is 3. The van der Waals surface area contributed by atoms with Crippen molar-refractivity contribution in [3.05, 3.63) is 0 Å². The second-order valence-corrected chi connectivity index (χ2v) is 4.70. The van der Waals surface area contributed by atoms with E-state index in [9.17, 15) is 4.79 Å². The number of carbonyl (C=O) groups is 1. The van der Waals surface area contributed by atoms with E-state index in [1.54, 1.807) is 0 Å². The maximum Gasteiger partial charge on any atom is 0.235 e. The maximum atomic E-state index is 11.3. The molecular weight excluding hydrogens is 202 g/mol. The fourth-order valence-corrected chi connectivity index (χ4v) is 2.61. The van der Waals surface area contributed by atoms with Gasteiger partial charge >= 0.3 is 0 Å². The summed E-state index contributed by atoms with van der Waals surface area (Å²) < 4.78 is 0. The highest BCUT2D eigenvalue weighted by molar-refractivity contribution is 5.80. The lowest BCUT2D eigenvalue weighted by Gasteiger charge is -2.30. The zero-order valence-corrected chi connectivity index (χ0v) is 10.7. The molecule has 3 N–H and O–H groups in total. The molecule has 0 aromatic heterocycles. The Morgan fingerprint density at radius 3 is 2.69 bits per heavy atom. The lowest BCUT2D eigenvalue weighted by Crippen LogP contribution is -2.51. The van der Waals surface area contributed by atoms with Gasteiger partial charge in [-0.05, 0) is 32.7 Å². The van der Waals surface area contributed by atoms with Crippen LogP contribution in [0.5, 0.6) is 0 Å². The molecule has 94 valence electrons. The Balaban J connectivity index is 2.57. The van der Waals surface area contributed by atoms with Gasteiger partial charge in [0.25, 0.3) is 0 Å². The number of carbonyl (C=O) groups excluding carboxylic acids is 1. The molecule has 1 amide bonds. The Kier molecular flexibility index (Phi) is 5.22. The van der Waals surface area contributed by atoms with Crippen molar-refractivity contribution in [3.63, 3.8) is 0 Å². The lowest BCUT2D eigenvalue weighted by molar-refractivity contribution is -0.120. The molecule has 0 spiro atoms. The normalized spacial score (nSPS) is 28.2. The van der Waals surface area contributed by atoms with Crippen LogP contribution >= 0.6 is 0 Å². The minimum absolute atomic E-state index is 0.209. The summed E-state index contributed by atoms with van der Waals surface area (Å²) in [4.78, 5) is 13.7. The van der Waals surface area contributed by atoms with Gasteiger partial charge in [0.2, 0.25) is 5.91 Å². The Labute approximate surface area is 98.6 Å². The molecule has 1 heterocycles. The molecule has 4 heteroatoms. The number of rotatable bonds is 6. The largest absolute Gasteiger partial charge is 0.368 e. The van der Waals surface area contributed by atoms with Crippen LogP contribution in [0.1, 0.15) is 40.0 Å². The van der Waals surface area contributed by atoms with Crippen molar-refractivity contribution < 1.29 is 4.79 Å². The summed E-state index contributed by atoms with van der Waals surface area (Å²) >= 11 is 0. The number of primary amides is 1. The van der Waals surface area contributed by atoms with E-state index in [0.29, 0.717) is 12.1 Å². The van der Waals surface area contributed by atoms with Crippen LogP contribution in [-0.4, -0.2) is 42.0 Å². The average Bonchev–Trinajstić information content (AvgIpc) is 2.59. The van der Waals surface area contributed by atoms with Gasteiger partial charge in [-0.25, -0.2) is 0 Å². The zero-order chi connectivity index (χ0) is 12.1. The van der Waals surface area contributed by atoms with E-state index in [1.807, 2.05) is 6.92 Å². The van der Waals surface area contributed by atoms with Crippen LogP contribution in [0.3, 0.4) is 0 Å². The predicted octanol–water partition coefficient (Wildman–Crippen LogP) is 0.713. The van der Waals surface area contributed by atoms with Crippen molar-refractivity contribution in [3.8, 4) is 0 Å². The first-order valence-electron chi connectivity index (χ1n) is 6.38. The first kappa shape index (κ1) is 13.5. The van der Waals surface area contributed by atoms with Crippen LogP contribution in [0.2, 0.25) is 0 Å². The Bertz CT molecular complexity index is 232. The minimum atomic E-state index is -0.240. The molecule has 1 fully saturated rings. The van der Waals surface area contributed by atoms with Crippen molar-refractivity contribution in [2.75, 3.05) is 13.1 Å². The molecule has 3 unspecified atom stereocenters. The molecule has 0 saturated carbocycles. The zero-order valence-electron chi connectivity index (χ0n) is 10.7. The molecule has 0 aromatic carbocycles. The molecule has 1 saturated heterocycles. The molecule has 1 aliphatic heterocycles. The molecule has 0 radical (unpaired) electrons. The minimum Gasteiger partial charge on any atom is -0.368 e. The topological polar surface area (TPSA) is 58.4 Å². The standard InChI is InChI=1S/C12H25N3O/c1-4-10-7-6-9(3)15(10)8-11(12(13)16)14-5-2/h9-11,14H,4-8H2,1-3H3,(H2,13,16). The monoisotopic (exact) mass is 227 g/mol. The summed E-state index contributed by atoms with van der Waals surface area (Å²) in [6, 6.07) is 0.987. The van der Waals surface area contributed by atoms with Gasteiger partial charge in [-0.2, -0.15) is 0 Å². The second-order valence-electron chi connectivity index (χ2n) is 4.70. The highest BCUT2D eigenvalue weighted by Gasteiger charge is 2.31. The Morgan fingerprint density at radius 1 is 1.50 bits per heavy atom. The quantitative estimate of drug-likeness (QED) is 0.703. The molecule has 16 heavy (non-hydrogen) atoms. The SMILES string of the molecule is CCNC(CN1C(C)CCC1CC)C(N)=O. The van der Waals surface area contributed by atoms with Crippen LogP contribution in [0.15, 0.2) is 0 Å². The van der Waals surface area contributed by atoms with Crippen molar-refractivity contribution >= 4 is 5.91 Å². The number of nitrogens with one attached hydrogen (secondary N) is 1. The van der Waals surface area contributed by atoms with Gasteiger partial charge in [-0.3, -0.25) is 9.69 Å². The highest BCUT2D eigenvalue weighted by atomic mass is 16.1. The van der Waals surface area contributed by atoms with Crippen LogP contribution < -0.4 is 11.1 Å². The molecular formula is C12H25N3O. The van der Waals surface area contributed by atoms with E-state index in [2.05, 4.69) is 24.1 Å². The van der Waals surface area contributed by atoms with E-state index in [0.717, 1.165) is 19.5 Å². The van der Waals surface area contributed by atoms with Crippen LogP contribution in [0.4, 0.5) is 0 Å². The van der Waals surface area contributed by atoms with Crippen molar-refractivity contribution in [1.82, 2.24) is 10.2 Å². The highest BCUT2D eigenvalue weighted by Crippen LogP contribution is 2.25. The molecule has 0 aromatic rings. The van der Waals surface area contributed by atoms with Gasteiger partial charge in [-0.15, -0.1) is 0 Å². The predicted molar refractivity (Wildman–Crippen MR) is 66.1 cm³/mol. The van der Waals surface area contributed by atoms with Gasteiger partial charge < -0.3 is 11.1 Å². The third-order valence-electron chi connectivity index (χ3n) is 3.61. The third-order valence-corrected chi connectivity index (χ3v) is 3.61. The molecule has 1 aliphatic rings. The maximum absolute atomic E-state index is 11.3. The molecule has 1 rings (SSSR count). The molecule has 0 aliphatic carbocycles. The number of nitrogens with zero attached hydrogens (tertiary/aromatic N) is 1. The Morgan fingerprint density at radius 2 is 2.19 bits per heavy atom. The second kappa shape index (κ2) is 6.21. The van der Waals surface area contributed by atoms with E-state index in [-0.39, 0.29) is 11.9 Å². The van der Waals surface area contributed by atoms with Crippen LogP contribution in [-0.2, 0) is 4.79 Å². The molecule has 0 bridgehead atoms. The average molecular weight is 227 g/mol. The van der Waals surface area contributed by atoms with Crippen LogP contribution in [0, 0.1) is 0 Å². The van der Waals surface area contributed by atoms with E-state index >= 15 is 0 Å². The summed E-state index contributed by atoms with van der Waals surface area (Å²) in [5, 5.41) is 3.16. The molecule has 3 atom stereocenters. The summed E-state index contributed by atoms with van der Waals surface area (Å²) in [5.41, 5.74) is 5.41.